The van der Waals surface area contributed by atoms with E-state index >= 15 is 0 Å². The van der Waals surface area contributed by atoms with Crippen molar-refractivity contribution in [2.24, 2.45) is 5.92 Å². The van der Waals surface area contributed by atoms with E-state index in [2.05, 4.69) is 15.3 Å². The van der Waals surface area contributed by atoms with Gasteiger partial charge < -0.3 is 19.7 Å². The Morgan fingerprint density at radius 3 is 2.42 bits per heavy atom. The van der Waals surface area contributed by atoms with Gasteiger partial charge in [-0.05, 0) is 56.7 Å². The molecule has 11 heteroatoms. The van der Waals surface area contributed by atoms with Gasteiger partial charge in [-0.15, -0.1) is 0 Å². The molecule has 1 aliphatic heterocycles. The van der Waals surface area contributed by atoms with Gasteiger partial charge in [-0.25, -0.2) is 9.97 Å². The topological polar surface area (TPSA) is 108 Å². The highest BCUT2D eigenvalue weighted by atomic mass is 19.4. The number of nitrogens with one attached hydrogen (secondary N) is 1. The lowest BCUT2D eigenvalue weighted by Crippen LogP contribution is -2.40. The number of benzene rings is 1. The third-order valence-electron chi connectivity index (χ3n) is 6.66. The van der Waals surface area contributed by atoms with Crippen molar-refractivity contribution in [1.82, 2.24) is 15.3 Å². The van der Waals surface area contributed by atoms with Crippen molar-refractivity contribution in [2.75, 3.05) is 18.0 Å². The molecule has 36 heavy (non-hydrogen) atoms. The molecule has 1 saturated carbocycles. The minimum absolute atomic E-state index is 0.0690. The summed E-state index contributed by atoms with van der Waals surface area (Å²) in [7, 11) is 0. The second-order valence-corrected chi connectivity index (χ2v) is 9.10. The van der Waals surface area contributed by atoms with Gasteiger partial charge in [0.25, 0.3) is 5.91 Å². The van der Waals surface area contributed by atoms with Gasteiger partial charge in [0.2, 0.25) is 0 Å². The van der Waals surface area contributed by atoms with E-state index in [1.807, 2.05) is 4.90 Å². The Kier molecular flexibility index (Phi) is 7.72. The highest BCUT2D eigenvalue weighted by molar-refractivity contribution is 5.92. The first-order valence-corrected chi connectivity index (χ1v) is 11.9. The second kappa shape index (κ2) is 10.9. The third kappa shape index (κ3) is 6.11. The van der Waals surface area contributed by atoms with Gasteiger partial charge in [0.05, 0.1) is 35.7 Å². The van der Waals surface area contributed by atoms with Crippen molar-refractivity contribution in [3.63, 3.8) is 0 Å². The lowest BCUT2D eigenvalue weighted by atomic mass is 9.92. The zero-order valence-corrected chi connectivity index (χ0v) is 19.5. The molecule has 2 aliphatic rings. The minimum Gasteiger partial charge on any atom is -0.490 e. The number of piperidine rings is 1. The number of hydrogen-bond acceptors (Lipinski definition) is 7. The molecule has 1 aliphatic carbocycles. The standard InChI is InChI=1S/C25H26F3N5O3/c26-25(27,28)21-11-20(4-1-17(21)12-29)36-19-5-2-18(3-6-19)32-24(35)22-13-31-23(14-30-22)33-9-7-16(15-34)8-10-33/h1,4,11,13-16,18-19H,2-3,5-10H2,(H,32,35). The average molecular weight is 502 g/mol. The maximum absolute atomic E-state index is 13.2. The summed E-state index contributed by atoms with van der Waals surface area (Å²) in [6.45, 7) is 1.43. The van der Waals surface area contributed by atoms with Crippen molar-refractivity contribution >= 4 is 18.0 Å². The fourth-order valence-corrected chi connectivity index (χ4v) is 4.57. The maximum atomic E-state index is 13.2. The monoisotopic (exact) mass is 501 g/mol. The quantitative estimate of drug-likeness (QED) is 0.598. The highest BCUT2D eigenvalue weighted by Crippen LogP contribution is 2.35. The number of halogens is 3. The lowest BCUT2D eigenvalue weighted by molar-refractivity contribution is -0.138. The number of alkyl halides is 3. The van der Waals surface area contributed by atoms with E-state index in [1.54, 1.807) is 12.3 Å². The molecule has 4 rings (SSSR count). The van der Waals surface area contributed by atoms with Gasteiger partial charge in [0, 0.05) is 25.0 Å². The summed E-state index contributed by atoms with van der Waals surface area (Å²) in [6, 6.07) is 4.80. The second-order valence-electron chi connectivity index (χ2n) is 9.10. The molecule has 0 spiro atoms. The summed E-state index contributed by atoms with van der Waals surface area (Å²) < 4.78 is 45.3. The fourth-order valence-electron chi connectivity index (χ4n) is 4.57. The smallest absolute Gasteiger partial charge is 0.417 e. The number of aldehydes is 1. The van der Waals surface area contributed by atoms with E-state index < -0.39 is 17.3 Å². The van der Waals surface area contributed by atoms with E-state index in [9.17, 15) is 22.8 Å². The summed E-state index contributed by atoms with van der Waals surface area (Å²) in [4.78, 5) is 34.2. The first kappa shape index (κ1) is 25.4. The number of ether oxygens (including phenoxy) is 1. The Morgan fingerprint density at radius 1 is 1.11 bits per heavy atom. The summed E-state index contributed by atoms with van der Waals surface area (Å²) in [5.41, 5.74) is -1.25. The van der Waals surface area contributed by atoms with E-state index in [0.717, 1.165) is 44.4 Å². The van der Waals surface area contributed by atoms with Crippen LogP contribution in [0.5, 0.6) is 5.75 Å². The molecule has 1 N–H and O–H groups in total. The molecule has 0 atom stereocenters. The molecule has 0 bridgehead atoms. The first-order valence-electron chi connectivity index (χ1n) is 11.9. The number of anilines is 1. The molecule has 0 radical (unpaired) electrons. The summed E-state index contributed by atoms with van der Waals surface area (Å²) in [5.74, 6) is 0.491. The normalized spacial score (nSPS) is 20.9. The number of nitrogens with zero attached hydrogens (tertiary/aromatic N) is 4. The van der Waals surface area contributed by atoms with Crippen LogP contribution in [0, 0.1) is 17.2 Å². The van der Waals surface area contributed by atoms with Gasteiger partial charge in [-0.1, -0.05) is 0 Å². The predicted octanol–water partition coefficient (Wildman–Crippen LogP) is 3.90. The van der Waals surface area contributed by atoms with Crippen LogP contribution in [0.25, 0.3) is 0 Å². The zero-order valence-electron chi connectivity index (χ0n) is 19.5. The van der Waals surface area contributed by atoms with Crippen LogP contribution >= 0.6 is 0 Å². The molecular weight excluding hydrogens is 475 g/mol. The Balaban J connectivity index is 1.26. The van der Waals surface area contributed by atoms with Crippen LogP contribution in [0.2, 0.25) is 0 Å². The SMILES string of the molecule is N#Cc1ccc(OC2CCC(NC(=O)c3cnc(N4CCC(C=O)CC4)cn3)CC2)cc1C(F)(F)F. The molecule has 1 amide bonds. The molecular formula is C25H26F3N5O3. The van der Waals surface area contributed by atoms with Crippen molar-refractivity contribution < 1.29 is 27.5 Å². The van der Waals surface area contributed by atoms with Crippen LogP contribution in [-0.2, 0) is 11.0 Å². The molecule has 8 nitrogen and oxygen atoms in total. The fraction of sp³-hybridized carbons (Fsp3) is 0.480. The molecule has 1 saturated heterocycles. The Bertz CT molecular complexity index is 1120. The van der Waals surface area contributed by atoms with Gasteiger partial charge >= 0.3 is 6.18 Å². The Hall–Kier alpha value is -3.68. The van der Waals surface area contributed by atoms with Gasteiger partial charge in [0.15, 0.2) is 0 Å². The van der Waals surface area contributed by atoms with Crippen LogP contribution in [-0.4, -0.2) is 47.4 Å². The minimum atomic E-state index is -4.64. The van der Waals surface area contributed by atoms with Crippen molar-refractivity contribution in [3.05, 3.63) is 47.4 Å². The van der Waals surface area contributed by atoms with Crippen LogP contribution in [0.1, 0.15) is 60.1 Å². The van der Waals surface area contributed by atoms with Gasteiger partial charge in [-0.3, -0.25) is 4.79 Å². The molecule has 0 unspecified atom stereocenters. The molecule has 190 valence electrons. The van der Waals surface area contributed by atoms with Gasteiger partial charge in [-0.2, -0.15) is 18.4 Å². The molecule has 1 aromatic heterocycles. The Labute approximate surface area is 206 Å². The van der Waals surface area contributed by atoms with E-state index in [1.165, 1.54) is 12.3 Å². The summed E-state index contributed by atoms with van der Waals surface area (Å²) in [6.07, 6.45) is 2.96. The van der Waals surface area contributed by atoms with E-state index in [4.69, 9.17) is 10.00 Å². The number of carbonyl (C=O) groups excluding carboxylic acids is 2. The van der Waals surface area contributed by atoms with Crippen molar-refractivity contribution in [1.29, 1.82) is 5.26 Å². The molecule has 1 aromatic carbocycles. The summed E-state index contributed by atoms with van der Waals surface area (Å²) in [5, 5.41) is 11.9. The van der Waals surface area contributed by atoms with Crippen molar-refractivity contribution in [2.45, 2.75) is 56.8 Å². The Morgan fingerprint density at radius 2 is 1.83 bits per heavy atom. The van der Waals surface area contributed by atoms with Crippen LogP contribution < -0.4 is 15.0 Å². The first-order chi connectivity index (χ1) is 17.3. The van der Waals surface area contributed by atoms with Gasteiger partial charge in [0.1, 0.15) is 23.5 Å². The van der Waals surface area contributed by atoms with E-state index in [0.29, 0.717) is 31.5 Å². The van der Waals surface area contributed by atoms with Crippen LogP contribution in [0.4, 0.5) is 19.0 Å². The van der Waals surface area contributed by atoms with Crippen LogP contribution in [0.15, 0.2) is 30.6 Å². The molecule has 2 fully saturated rings. The lowest BCUT2D eigenvalue weighted by Gasteiger charge is -2.30. The number of aromatic nitrogens is 2. The third-order valence-corrected chi connectivity index (χ3v) is 6.66. The number of carbonyl (C=O) groups is 2. The molecule has 2 heterocycles. The summed E-state index contributed by atoms with van der Waals surface area (Å²) >= 11 is 0. The highest BCUT2D eigenvalue weighted by Gasteiger charge is 2.34. The number of amides is 1. The molecule has 2 aromatic rings. The largest absolute Gasteiger partial charge is 0.490 e. The van der Waals surface area contributed by atoms with E-state index in [-0.39, 0.29) is 35.4 Å². The maximum Gasteiger partial charge on any atom is 0.417 e. The predicted molar refractivity (Wildman–Crippen MR) is 123 cm³/mol. The van der Waals surface area contributed by atoms with Crippen molar-refractivity contribution in [3.8, 4) is 11.8 Å². The number of rotatable bonds is 6. The number of hydrogen-bond donors (Lipinski definition) is 1. The average Bonchev–Trinajstić information content (AvgIpc) is 2.89. The van der Waals surface area contributed by atoms with Crippen LogP contribution in [0.3, 0.4) is 0 Å². The number of nitriles is 1. The zero-order chi connectivity index (χ0) is 25.7.